The molecule has 166 valence electrons. The van der Waals surface area contributed by atoms with E-state index in [1.165, 1.54) is 12.8 Å². The Morgan fingerprint density at radius 3 is 2.39 bits per heavy atom. The first-order valence-corrected chi connectivity index (χ1v) is 11.3. The van der Waals surface area contributed by atoms with Gasteiger partial charge in [-0.3, -0.25) is 9.59 Å². The second kappa shape index (κ2) is 12.0. The van der Waals surface area contributed by atoms with Crippen molar-refractivity contribution in [3.63, 3.8) is 0 Å². The highest BCUT2D eigenvalue weighted by Crippen LogP contribution is 2.24. The second-order valence-electron chi connectivity index (χ2n) is 7.88. The van der Waals surface area contributed by atoms with Crippen LogP contribution in [0.2, 0.25) is 0 Å². The number of amides is 2. The Hall–Kier alpha value is -3.02. The lowest BCUT2D eigenvalue weighted by Crippen LogP contribution is -2.31. The van der Waals surface area contributed by atoms with E-state index < -0.39 is 0 Å². The average molecular weight is 424 g/mol. The maximum Gasteiger partial charge on any atom is 0.253 e. The summed E-state index contributed by atoms with van der Waals surface area (Å²) in [6, 6.07) is 14.8. The van der Waals surface area contributed by atoms with Gasteiger partial charge in [-0.1, -0.05) is 38.3 Å². The van der Waals surface area contributed by atoms with Gasteiger partial charge in [0, 0.05) is 24.3 Å². The van der Waals surface area contributed by atoms with Crippen LogP contribution in [-0.4, -0.2) is 43.0 Å². The van der Waals surface area contributed by atoms with Gasteiger partial charge in [0.05, 0.1) is 18.8 Å². The molecule has 1 heterocycles. The van der Waals surface area contributed by atoms with Gasteiger partial charge in [-0.15, -0.1) is 0 Å². The fourth-order valence-corrected chi connectivity index (χ4v) is 3.59. The van der Waals surface area contributed by atoms with Crippen LogP contribution in [0, 0.1) is 0 Å². The highest BCUT2D eigenvalue weighted by molar-refractivity contribution is 5.96. The molecule has 0 aliphatic carbocycles. The molecule has 6 heteroatoms. The largest absolute Gasteiger partial charge is 0.491 e. The van der Waals surface area contributed by atoms with E-state index in [9.17, 15) is 9.59 Å². The molecule has 0 aromatic heterocycles. The molecule has 31 heavy (non-hydrogen) atoms. The number of unbranched alkanes of at least 4 members (excludes halogenated alkanes) is 1. The second-order valence-corrected chi connectivity index (χ2v) is 7.88. The summed E-state index contributed by atoms with van der Waals surface area (Å²) in [5.74, 6) is 0.614. The van der Waals surface area contributed by atoms with Crippen molar-refractivity contribution >= 4 is 23.2 Å². The van der Waals surface area contributed by atoms with E-state index >= 15 is 0 Å². The first kappa shape index (κ1) is 22.7. The molecule has 2 amide bonds. The average Bonchev–Trinajstić information content (AvgIpc) is 3.08. The predicted octanol–water partition coefficient (Wildman–Crippen LogP) is 4.93. The van der Waals surface area contributed by atoms with Crippen LogP contribution in [0.15, 0.2) is 48.5 Å². The maximum absolute atomic E-state index is 12.7. The van der Waals surface area contributed by atoms with E-state index in [1.54, 1.807) is 0 Å². The lowest BCUT2D eigenvalue weighted by molar-refractivity contribution is -0.114. The molecule has 1 fully saturated rings. The number of carbonyl (C=O) groups is 2. The summed E-state index contributed by atoms with van der Waals surface area (Å²) < 4.78 is 5.76. The topological polar surface area (TPSA) is 70.7 Å². The number of anilines is 2. The zero-order valence-corrected chi connectivity index (χ0v) is 18.4. The molecule has 2 N–H and O–H groups in total. The standard InChI is InChI=1S/C25H33N3O3/c1-2-3-18-31-23-11-7-6-10-22(23)27-24(29)19-26-21-14-12-20(13-15-21)25(30)28-16-8-4-5-9-17-28/h6-7,10-15,26H,2-5,8-9,16-19H2,1H3,(H,27,29). The van der Waals surface area contributed by atoms with Crippen molar-refractivity contribution in [3.05, 3.63) is 54.1 Å². The number of hydrogen-bond acceptors (Lipinski definition) is 4. The molecule has 6 nitrogen and oxygen atoms in total. The van der Waals surface area contributed by atoms with Crippen molar-refractivity contribution in [2.75, 3.05) is 36.9 Å². The number of benzene rings is 2. The number of carbonyl (C=O) groups excluding carboxylic acids is 2. The van der Waals surface area contributed by atoms with Gasteiger partial charge < -0.3 is 20.3 Å². The number of nitrogens with zero attached hydrogens (tertiary/aromatic N) is 1. The molecule has 1 aliphatic rings. The number of likely N-dealkylation sites (tertiary alicyclic amines) is 1. The summed E-state index contributed by atoms with van der Waals surface area (Å²) in [4.78, 5) is 27.0. The van der Waals surface area contributed by atoms with Gasteiger partial charge in [-0.2, -0.15) is 0 Å². The van der Waals surface area contributed by atoms with Gasteiger partial charge >= 0.3 is 0 Å². The minimum absolute atomic E-state index is 0.0888. The van der Waals surface area contributed by atoms with E-state index in [4.69, 9.17) is 4.74 Å². The molecule has 0 bridgehead atoms. The fourth-order valence-electron chi connectivity index (χ4n) is 3.59. The smallest absolute Gasteiger partial charge is 0.253 e. The molecule has 1 saturated heterocycles. The molecule has 3 rings (SSSR count). The summed E-state index contributed by atoms with van der Waals surface area (Å²) in [5.41, 5.74) is 2.16. The van der Waals surface area contributed by atoms with E-state index in [1.807, 2.05) is 53.4 Å². The third-order valence-corrected chi connectivity index (χ3v) is 5.39. The van der Waals surface area contributed by atoms with Gasteiger partial charge in [0.2, 0.25) is 5.91 Å². The number of rotatable bonds is 9. The Labute approximate surface area is 185 Å². The summed E-state index contributed by atoms with van der Waals surface area (Å²) in [6.45, 7) is 4.54. The van der Waals surface area contributed by atoms with Crippen LogP contribution in [-0.2, 0) is 4.79 Å². The summed E-state index contributed by atoms with van der Waals surface area (Å²) in [5, 5.41) is 6.01. The van der Waals surface area contributed by atoms with Gasteiger partial charge in [-0.05, 0) is 55.7 Å². The van der Waals surface area contributed by atoms with Crippen LogP contribution in [0.5, 0.6) is 5.75 Å². The number of nitrogens with one attached hydrogen (secondary N) is 2. The van der Waals surface area contributed by atoms with Crippen LogP contribution in [0.4, 0.5) is 11.4 Å². The zero-order chi connectivity index (χ0) is 21.9. The van der Waals surface area contributed by atoms with Gasteiger partial charge in [0.25, 0.3) is 5.91 Å². The Morgan fingerprint density at radius 2 is 1.68 bits per heavy atom. The number of hydrogen-bond donors (Lipinski definition) is 2. The van der Waals surface area contributed by atoms with Gasteiger partial charge in [0.15, 0.2) is 0 Å². The molecule has 2 aromatic carbocycles. The normalized spacial score (nSPS) is 13.9. The minimum Gasteiger partial charge on any atom is -0.491 e. The molecular weight excluding hydrogens is 390 g/mol. The molecule has 0 spiro atoms. The highest BCUT2D eigenvalue weighted by Gasteiger charge is 2.17. The van der Waals surface area contributed by atoms with Crippen LogP contribution < -0.4 is 15.4 Å². The molecule has 2 aromatic rings. The van der Waals surface area contributed by atoms with Crippen LogP contribution >= 0.6 is 0 Å². The fraction of sp³-hybridized carbons (Fsp3) is 0.440. The van der Waals surface area contributed by atoms with Crippen LogP contribution in [0.1, 0.15) is 55.8 Å². The zero-order valence-electron chi connectivity index (χ0n) is 18.4. The van der Waals surface area contributed by atoms with Crippen molar-refractivity contribution < 1.29 is 14.3 Å². The van der Waals surface area contributed by atoms with Gasteiger partial charge in [0.1, 0.15) is 5.75 Å². The lowest BCUT2D eigenvalue weighted by Gasteiger charge is -2.20. The Balaban J connectivity index is 1.50. The first-order valence-electron chi connectivity index (χ1n) is 11.3. The molecule has 0 saturated carbocycles. The van der Waals surface area contributed by atoms with Crippen molar-refractivity contribution in [2.45, 2.75) is 45.4 Å². The van der Waals surface area contributed by atoms with E-state index in [0.29, 0.717) is 23.6 Å². The summed E-state index contributed by atoms with van der Waals surface area (Å²) in [7, 11) is 0. The maximum atomic E-state index is 12.7. The summed E-state index contributed by atoms with van der Waals surface area (Å²) in [6.07, 6.45) is 6.58. The minimum atomic E-state index is -0.156. The monoisotopic (exact) mass is 423 g/mol. The molecular formula is C25H33N3O3. The Bertz CT molecular complexity index is 843. The third-order valence-electron chi connectivity index (χ3n) is 5.39. The summed E-state index contributed by atoms with van der Waals surface area (Å²) >= 11 is 0. The lowest BCUT2D eigenvalue weighted by atomic mass is 10.1. The van der Waals surface area contributed by atoms with E-state index in [2.05, 4.69) is 17.6 Å². The Morgan fingerprint density at radius 1 is 0.968 bits per heavy atom. The van der Waals surface area contributed by atoms with Crippen molar-refractivity contribution in [2.24, 2.45) is 0 Å². The van der Waals surface area contributed by atoms with E-state index in [-0.39, 0.29) is 18.4 Å². The molecule has 0 atom stereocenters. The number of ether oxygens (including phenoxy) is 1. The van der Waals surface area contributed by atoms with E-state index in [0.717, 1.165) is 44.5 Å². The molecule has 1 aliphatic heterocycles. The highest BCUT2D eigenvalue weighted by atomic mass is 16.5. The van der Waals surface area contributed by atoms with Crippen molar-refractivity contribution in [1.29, 1.82) is 0 Å². The van der Waals surface area contributed by atoms with Crippen molar-refractivity contribution in [1.82, 2.24) is 4.90 Å². The molecule has 0 unspecified atom stereocenters. The van der Waals surface area contributed by atoms with Gasteiger partial charge in [-0.25, -0.2) is 0 Å². The number of para-hydroxylation sites is 2. The quantitative estimate of drug-likeness (QED) is 0.561. The van der Waals surface area contributed by atoms with Crippen LogP contribution in [0.3, 0.4) is 0 Å². The Kier molecular flexibility index (Phi) is 8.76. The molecule has 0 radical (unpaired) electrons. The first-order chi connectivity index (χ1) is 15.2. The predicted molar refractivity (Wildman–Crippen MR) is 125 cm³/mol. The SMILES string of the molecule is CCCCOc1ccccc1NC(=O)CNc1ccc(C(=O)N2CCCCCC2)cc1. The van der Waals surface area contributed by atoms with Crippen molar-refractivity contribution in [3.8, 4) is 5.75 Å². The van der Waals surface area contributed by atoms with Crippen LogP contribution in [0.25, 0.3) is 0 Å². The third kappa shape index (κ3) is 7.02.